The zero-order valence-electron chi connectivity index (χ0n) is 11.9. The van der Waals surface area contributed by atoms with Gasteiger partial charge in [0.25, 0.3) is 0 Å². The monoisotopic (exact) mass is 361 g/mol. The van der Waals surface area contributed by atoms with Gasteiger partial charge in [0.15, 0.2) is 0 Å². The Labute approximate surface area is 131 Å². The highest BCUT2D eigenvalue weighted by Crippen LogP contribution is 2.58. The summed E-state index contributed by atoms with van der Waals surface area (Å²) in [5, 5.41) is -0.315. The molecule has 0 radical (unpaired) electrons. The summed E-state index contributed by atoms with van der Waals surface area (Å²) in [6.07, 6.45) is -4.86. The minimum absolute atomic E-state index is 0.105. The molecule has 126 valence electrons. The number of ether oxygens (including phenoxy) is 1. The van der Waals surface area contributed by atoms with E-state index in [1.165, 1.54) is 6.07 Å². The first kappa shape index (κ1) is 19.3. The fourth-order valence-electron chi connectivity index (χ4n) is 1.65. The molecule has 0 aliphatic carbocycles. The Balaban J connectivity index is 3.06. The van der Waals surface area contributed by atoms with Crippen molar-refractivity contribution in [3.8, 4) is 5.75 Å². The molecule has 10 heteroatoms. The van der Waals surface area contributed by atoms with E-state index >= 15 is 0 Å². The van der Waals surface area contributed by atoms with Gasteiger partial charge in [-0.2, -0.15) is 0 Å². The quantitative estimate of drug-likeness (QED) is 0.726. The van der Waals surface area contributed by atoms with E-state index in [1.54, 1.807) is 13.8 Å². The van der Waals surface area contributed by atoms with Gasteiger partial charge >= 0.3 is 14.0 Å². The third kappa shape index (κ3) is 5.14. The average Bonchev–Trinajstić information content (AvgIpc) is 2.39. The molecule has 1 atom stereocenters. The van der Waals surface area contributed by atoms with Crippen molar-refractivity contribution in [2.45, 2.75) is 26.0 Å². The van der Waals surface area contributed by atoms with Crippen LogP contribution in [-0.2, 0) is 13.6 Å². The Bertz CT molecular complexity index is 546. The first-order valence-electron chi connectivity index (χ1n) is 6.32. The molecule has 0 saturated carbocycles. The molecular formula is C12H16ClF3NO4P. The number of halogens is 4. The highest BCUT2D eigenvalue weighted by molar-refractivity contribution is 7.54. The summed E-state index contributed by atoms with van der Waals surface area (Å²) < 4.78 is 63.0. The molecule has 0 aliphatic rings. The van der Waals surface area contributed by atoms with E-state index in [1.807, 2.05) is 0 Å². The first-order chi connectivity index (χ1) is 10.1. The molecule has 0 saturated heterocycles. The van der Waals surface area contributed by atoms with Gasteiger partial charge in [-0.25, -0.2) is 0 Å². The second kappa shape index (κ2) is 7.66. The molecule has 0 fully saturated rings. The van der Waals surface area contributed by atoms with Gasteiger partial charge < -0.3 is 19.5 Å². The van der Waals surface area contributed by atoms with Gasteiger partial charge in [0, 0.05) is 0 Å². The van der Waals surface area contributed by atoms with Crippen LogP contribution in [0.25, 0.3) is 0 Å². The number of hydrogen-bond donors (Lipinski definition) is 1. The Kier molecular flexibility index (Phi) is 6.70. The van der Waals surface area contributed by atoms with E-state index in [-0.39, 0.29) is 23.8 Å². The number of nitrogens with two attached hydrogens (primary N) is 1. The molecule has 1 rings (SSSR count). The minimum Gasteiger partial charge on any atom is -0.404 e. The normalized spacial score (nSPS) is 14.0. The van der Waals surface area contributed by atoms with Gasteiger partial charge in [-0.05, 0) is 31.5 Å². The summed E-state index contributed by atoms with van der Waals surface area (Å²) in [5.74, 6) is -1.75. The molecule has 0 heterocycles. The van der Waals surface area contributed by atoms with Crippen molar-refractivity contribution < 1.29 is 31.5 Å². The van der Waals surface area contributed by atoms with Crippen LogP contribution in [0.15, 0.2) is 18.2 Å². The summed E-state index contributed by atoms with van der Waals surface area (Å²) >= 11 is 5.73. The highest BCUT2D eigenvalue weighted by atomic mass is 35.5. The van der Waals surface area contributed by atoms with Crippen molar-refractivity contribution in [3.05, 3.63) is 28.8 Å². The SMILES string of the molecule is CCOP(=O)(OCC)[C@H](N)c1ccc(OC(F)(F)F)c(Cl)c1. The largest absolute Gasteiger partial charge is 0.573 e. The first-order valence-corrected chi connectivity index (χ1v) is 8.31. The number of benzene rings is 1. The summed E-state index contributed by atoms with van der Waals surface area (Å²) in [6, 6.07) is 3.35. The third-order valence-electron chi connectivity index (χ3n) is 2.48. The van der Waals surface area contributed by atoms with E-state index in [4.69, 9.17) is 26.4 Å². The Hall–Kier alpha value is -0.790. The van der Waals surface area contributed by atoms with E-state index in [0.717, 1.165) is 12.1 Å². The molecule has 1 aromatic rings. The number of rotatable bonds is 7. The van der Waals surface area contributed by atoms with Gasteiger partial charge in [-0.3, -0.25) is 4.57 Å². The predicted octanol–water partition coefficient (Wildman–Crippen LogP) is 4.46. The Morgan fingerprint density at radius 2 is 1.82 bits per heavy atom. The van der Waals surface area contributed by atoms with Crippen molar-refractivity contribution in [2.75, 3.05) is 13.2 Å². The Morgan fingerprint density at radius 3 is 2.23 bits per heavy atom. The van der Waals surface area contributed by atoms with Gasteiger partial charge in [0.1, 0.15) is 11.5 Å². The molecular weight excluding hydrogens is 346 g/mol. The zero-order chi connectivity index (χ0) is 17.0. The molecule has 0 unspecified atom stereocenters. The van der Waals surface area contributed by atoms with Crippen LogP contribution in [0, 0.1) is 0 Å². The van der Waals surface area contributed by atoms with Gasteiger partial charge in [0.05, 0.1) is 18.2 Å². The lowest BCUT2D eigenvalue weighted by Crippen LogP contribution is -2.18. The van der Waals surface area contributed by atoms with Crippen LogP contribution in [0.2, 0.25) is 5.02 Å². The maximum Gasteiger partial charge on any atom is 0.573 e. The molecule has 0 aliphatic heterocycles. The lowest BCUT2D eigenvalue weighted by atomic mass is 10.2. The van der Waals surface area contributed by atoms with Crippen molar-refractivity contribution in [2.24, 2.45) is 5.73 Å². The van der Waals surface area contributed by atoms with Crippen LogP contribution in [0.4, 0.5) is 13.2 Å². The summed E-state index contributed by atoms with van der Waals surface area (Å²) in [6.45, 7) is 3.44. The van der Waals surface area contributed by atoms with E-state index in [9.17, 15) is 17.7 Å². The predicted molar refractivity (Wildman–Crippen MR) is 75.9 cm³/mol. The standard InChI is InChI=1S/C12H16ClF3NO4P/c1-3-19-22(18,20-4-2)11(17)8-5-6-10(9(13)7-8)21-12(14,15)16/h5-7,11H,3-4,17H2,1-2H3/t11-/m0/s1. The molecule has 2 N–H and O–H groups in total. The van der Waals surface area contributed by atoms with Crippen LogP contribution in [-0.4, -0.2) is 19.6 Å². The smallest absolute Gasteiger partial charge is 0.404 e. The van der Waals surface area contributed by atoms with E-state index in [2.05, 4.69) is 4.74 Å². The Morgan fingerprint density at radius 1 is 1.27 bits per heavy atom. The van der Waals surface area contributed by atoms with E-state index in [0.29, 0.717) is 0 Å². The maximum atomic E-state index is 12.5. The molecule has 0 amide bonds. The summed E-state index contributed by atoms with van der Waals surface area (Å²) in [5.41, 5.74) is 6.07. The molecule has 5 nitrogen and oxygen atoms in total. The van der Waals surface area contributed by atoms with Crippen molar-refractivity contribution in [3.63, 3.8) is 0 Å². The van der Waals surface area contributed by atoms with Gasteiger partial charge in [-0.15, -0.1) is 13.2 Å². The molecule has 0 aromatic heterocycles. The summed E-state index contributed by atoms with van der Waals surface area (Å²) in [7, 11) is -3.65. The molecule has 0 spiro atoms. The van der Waals surface area contributed by atoms with Crippen LogP contribution in [0.1, 0.15) is 25.2 Å². The van der Waals surface area contributed by atoms with Crippen molar-refractivity contribution in [1.82, 2.24) is 0 Å². The maximum absolute atomic E-state index is 12.5. The van der Waals surface area contributed by atoms with Crippen LogP contribution in [0.3, 0.4) is 0 Å². The second-order valence-corrected chi connectivity index (χ2v) is 6.62. The van der Waals surface area contributed by atoms with Gasteiger partial charge in [-0.1, -0.05) is 17.7 Å². The topological polar surface area (TPSA) is 70.8 Å². The average molecular weight is 362 g/mol. The fraction of sp³-hybridized carbons (Fsp3) is 0.500. The van der Waals surface area contributed by atoms with E-state index < -0.39 is 25.5 Å². The molecule has 1 aromatic carbocycles. The number of alkyl halides is 3. The second-order valence-electron chi connectivity index (χ2n) is 4.06. The van der Waals surface area contributed by atoms with Gasteiger partial charge in [0.2, 0.25) is 0 Å². The van der Waals surface area contributed by atoms with Crippen LogP contribution in [0.5, 0.6) is 5.75 Å². The number of hydrogen-bond acceptors (Lipinski definition) is 5. The summed E-state index contributed by atoms with van der Waals surface area (Å²) in [4.78, 5) is 0. The van der Waals surface area contributed by atoms with Crippen molar-refractivity contribution in [1.29, 1.82) is 0 Å². The van der Waals surface area contributed by atoms with Crippen LogP contribution < -0.4 is 10.5 Å². The third-order valence-corrected chi connectivity index (χ3v) is 4.99. The van der Waals surface area contributed by atoms with Crippen LogP contribution >= 0.6 is 19.2 Å². The molecule has 22 heavy (non-hydrogen) atoms. The lowest BCUT2D eigenvalue weighted by Gasteiger charge is -2.23. The highest BCUT2D eigenvalue weighted by Gasteiger charge is 2.35. The lowest BCUT2D eigenvalue weighted by molar-refractivity contribution is -0.274. The molecule has 0 bridgehead atoms. The minimum atomic E-state index is -4.86. The fourth-order valence-corrected chi connectivity index (χ4v) is 3.52. The van der Waals surface area contributed by atoms with Crippen molar-refractivity contribution >= 4 is 19.2 Å². The zero-order valence-corrected chi connectivity index (χ0v) is 13.5.